The quantitative estimate of drug-likeness (QED) is 0.407. The molecule has 0 radical (unpaired) electrons. The highest BCUT2D eigenvalue weighted by Crippen LogP contribution is 2.64. The zero-order chi connectivity index (χ0) is 30.3. The van der Waals surface area contributed by atoms with Crippen LogP contribution in [0.1, 0.15) is 60.8 Å². The Kier molecular flexibility index (Phi) is 8.59. The lowest BCUT2D eigenvalue weighted by atomic mass is 9.66. The summed E-state index contributed by atoms with van der Waals surface area (Å²) in [7, 11) is 0. The van der Waals surface area contributed by atoms with Gasteiger partial charge in [-0.15, -0.1) is 13.2 Å². The number of fused-ring (bicyclic) bond motifs is 1. The highest BCUT2D eigenvalue weighted by molar-refractivity contribution is 6.03. The molecule has 1 aromatic rings. The Labute approximate surface area is 245 Å². The van der Waals surface area contributed by atoms with E-state index in [-0.39, 0.29) is 36.8 Å². The minimum atomic E-state index is -1.18. The van der Waals surface area contributed by atoms with E-state index in [0.717, 1.165) is 0 Å². The van der Waals surface area contributed by atoms with E-state index in [1.807, 2.05) is 71.9 Å². The Morgan fingerprint density at radius 1 is 1.15 bits per heavy atom. The number of carbonyl (C=O) groups excluding carboxylic acids is 3. The number of likely N-dealkylation sites (tertiary alicyclic amines) is 1. The first-order valence-corrected chi connectivity index (χ1v) is 14.9. The number of hydrogen-bond acceptors (Lipinski definition) is 5. The van der Waals surface area contributed by atoms with E-state index >= 15 is 0 Å². The zero-order valence-corrected chi connectivity index (χ0v) is 25.5. The number of hydrogen-bond donors (Lipinski definition) is 1. The van der Waals surface area contributed by atoms with Gasteiger partial charge in [0, 0.05) is 24.3 Å². The number of nitrogens with zero attached hydrogens (tertiary/aromatic N) is 3. The normalized spacial score (nSPS) is 30.1. The number of carbonyl (C=O) groups is 3. The van der Waals surface area contributed by atoms with Gasteiger partial charge in [0.2, 0.25) is 17.7 Å². The molecule has 3 amide bonds. The molecule has 224 valence electrons. The molecular weight excluding hydrogens is 518 g/mol. The lowest BCUT2D eigenvalue weighted by molar-refractivity contribution is -0.159. The third kappa shape index (κ3) is 4.93. The van der Waals surface area contributed by atoms with Gasteiger partial charge < -0.3 is 24.5 Å². The van der Waals surface area contributed by atoms with Crippen LogP contribution in [-0.2, 0) is 19.1 Å². The van der Waals surface area contributed by atoms with Crippen LogP contribution in [0, 0.1) is 17.8 Å². The lowest BCUT2D eigenvalue weighted by Crippen LogP contribution is -2.62. The number of rotatable bonds is 11. The summed E-state index contributed by atoms with van der Waals surface area (Å²) in [5, 5.41) is 10.6. The molecule has 2 unspecified atom stereocenters. The van der Waals surface area contributed by atoms with Gasteiger partial charge in [-0.05, 0) is 58.6 Å². The van der Waals surface area contributed by atoms with E-state index in [0.29, 0.717) is 31.5 Å². The van der Waals surface area contributed by atoms with Crippen LogP contribution in [0.4, 0.5) is 5.69 Å². The standard InChI is InChI=1S/C33H47N3O5/c1-9-19-34(23-15-13-12-14-16-23)28(38)25-26-29(39)36(24(21-37)22(4)11-3)27(33(26)18-17-32(25,8)41-33)30(40)35(20-10-2)31(5,6)7/h9-10,12-16,22,24-27,37H,1-2,11,17-21H2,3-8H3/t22-,24-,25-,26-,27?,32+,33?/m0/s1. The Morgan fingerprint density at radius 2 is 1.78 bits per heavy atom. The van der Waals surface area contributed by atoms with Crippen LogP contribution in [0.25, 0.3) is 0 Å². The van der Waals surface area contributed by atoms with Crippen molar-refractivity contribution in [2.24, 2.45) is 17.8 Å². The molecule has 2 bridgehead atoms. The van der Waals surface area contributed by atoms with E-state index in [4.69, 9.17) is 4.74 Å². The molecule has 0 saturated carbocycles. The van der Waals surface area contributed by atoms with Crippen LogP contribution in [0.3, 0.4) is 0 Å². The van der Waals surface area contributed by atoms with E-state index in [2.05, 4.69) is 13.2 Å². The summed E-state index contributed by atoms with van der Waals surface area (Å²) >= 11 is 0. The molecule has 7 atom stereocenters. The third-order valence-electron chi connectivity index (χ3n) is 9.59. The second-order valence-corrected chi connectivity index (χ2v) is 13.1. The molecule has 1 aromatic carbocycles. The van der Waals surface area contributed by atoms with Crippen molar-refractivity contribution in [2.75, 3.05) is 24.6 Å². The van der Waals surface area contributed by atoms with Crippen LogP contribution in [0.5, 0.6) is 0 Å². The predicted molar refractivity (Wildman–Crippen MR) is 160 cm³/mol. The van der Waals surface area contributed by atoms with Gasteiger partial charge in [-0.25, -0.2) is 0 Å². The second-order valence-electron chi connectivity index (χ2n) is 13.1. The average Bonchev–Trinajstić information content (AvgIpc) is 3.50. The molecule has 4 rings (SSSR count). The van der Waals surface area contributed by atoms with Crippen molar-refractivity contribution in [1.29, 1.82) is 0 Å². The first kappa shape index (κ1) is 31.0. The number of amides is 3. The number of aliphatic hydroxyl groups is 1. The van der Waals surface area contributed by atoms with Gasteiger partial charge >= 0.3 is 0 Å². The molecule has 41 heavy (non-hydrogen) atoms. The molecule has 0 aliphatic carbocycles. The van der Waals surface area contributed by atoms with Crippen molar-refractivity contribution in [2.45, 2.75) is 89.6 Å². The molecule has 8 nitrogen and oxygen atoms in total. The Morgan fingerprint density at radius 3 is 2.32 bits per heavy atom. The highest BCUT2D eigenvalue weighted by Gasteiger charge is 2.79. The molecular formula is C33H47N3O5. The number of para-hydroxylation sites is 1. The summed E-state index contributed by atoms with van der Waals surface area (Å²) in [5.41, 5.74) is -1.92. The molecule has 3 heterocycles. The first-order chi connectivity index (χ1) is 19.3. The lowest BCUT2D eigenvalue weighted by Gasteiger charge is -2.44. The molecule has 3 aliphatic heterocycles. The summed E-state index contributed by atoms with van der Waals surface area (Å²) in [6.07, 6.45) is 5.10. The van der Waals surface area contributed by atoms with Crippen molar-refractivity contribution < 1.29 is 24.2 Å². The van der Waals surface area contributed by atoms with Crippen LogP contribution in [-0.4, -0.2) is 81.1 Å². The van der Waals surface area contributed by atoms with Gasteiger partial charge in [-0.3, -0.25) is 14.4 Å². The van der Waals surface area contributed by atoms with Crippen molar-refractivity contribution in [3.8, 4) is 0 Å². The largest absolute Gasteiger partial charge is 0.394 e. The third-order valence-corrected chi connectivity index (χ3v) is 9.59. The van der Waals surface area contributed by atoms with Gasteiger partial charge in [0.05, 0.1) is 30.1 Å². The fraction of sp³-hybridized carbons (Fsp3) is 0.606. The fourth-order valence-corrected chi connectivity index (χ4v) is 7.39. The van der Waals surface area contributed by atoms with Gasteiger partial charge in [-0.1, -0.05) is 50.6 Å². The van der Waals surface area contributed by atoms with Crippen molar-refractivity contribution in [1.82, 2.24) is 9.80 Å². The molecule has 1 N–H and O–H groups in total. The maximum Gasteiger partial charge on any atom is 0.249 e. The minimum absolute atomic E-state index is 0.0690. The predicted octanol–water partition coefficient (Wildman–Crippen LogP) is 4.19. The van der Waals surface area contributed by atoms with Crippen molar-refractivity contribution in [3.63, 3.8) is 0 Å². The second kappa shape index (κ2) is 11.4. The van der Waals surface area contributed by atoms with E-state index in [9.17, 15) is 19.5 Å². The average molecular weight is 566 g/mol. The van der Waals surface area contributed by atoms with Gasteiger partial charge in [-0.2, -0.15) is 0 Å². The van der Waals surface area contributed by atoms with Gasteiger partial charge in [0.1, 0.15) is 11.6 Å². The summed E-state index contributed by atoms with van der Waals surface area (Å²) in [6.45, 7) is 19.8. The Hall–Kier alpha value is -2.97. The van der Waals surface area contributed by atoms with E-state index in [1.54, 1.807) is 26.9 Å². The summed E-state index contributed by atoms with van der Waals surface area (Å²) in [4.78, 5) is 48.8. The number of anilines is 1. The van der Waals surface area contributed by atoms with Crippen LogP contribution in [0.2, 0.25) is 0 Å². The van der Waals surface area contributed by atoms with E-state index in [1.165, 1.54) is 0 Å². The fourth-order valence-electron chi connectivity index (χ4n) is 7.39. The molecule has 3 aliphatic rings. The van der Waals surface area contributed by atoms with Crippen molar-refractivity contribution in [3.05, 3.63) is 55.6 Å². The van der Waals surface area contributed by atoms with Crippen LogP contribution >= 0.6 is 0 Å². The van der Waals surface area contributed by atoms with Gasteiger partial charge in [0.15, 0.2) is 0 Å². The van der Waals surface area contributed by atoms with Crippen LogP contribution < -0.4 is 4.90 Å². The number of aliphatic hydroxyl groups excluding tert-OH is 1. The van der Waals surface area contributed by atoms with E-state index < -0.39 is 40.7 Å². The summed E-state index contributed by atoms with van der Waals surface area (Å²) in [6, 6.07) is 7.81. The molecule has 0 aromatic heterocycles. The van der Waals surface area contributed by atoms with Crippen molar-refractivity contribution >= 4 is 23.4 Å². The van der Waals surface area contributed by atoms with Gasteiger partial charge in [0.25, 0.3) is 0 Å². The molecule has 1 spiro atoms. The molecule has 3 saturated heterocycles. The Balaban J connectivity index is 1.88. The highest BCUT2D eigenvalue weighted by atomic mass is 16.5. The monoisotopic (exact) mass is 565 g/mol. The smallest absolute Gasteiger partial charge is 0.249 e. The number of ether oxygens (including phenoxy) is 1. The topological polar surface area (TPSA) is 90.4 Å². The molecule has 8 heteroatoms. The summed E-state index contributed by atoms with van der Waals surface area (Å²) < 4.78 is 6.86. The van der Waals surface area contributed by atoms with Crippen LogP contribution in [0.15, 0.2) is 55.6 Å². The zero-order valence-electron chi connectivity index (χ0n) is 25.5. The minimum Gasteiger partial charge on any atom is -0.394 e. The summed E-state index contributed by atoms with van der Waals surface area (Å²) in [5.74, 6) is -2.44. The SMILES string of the molecule is C=CCN(C(=O)[C@@H]1[C@H]2C(=O)N([C@@H](CO)[C@@H](C)CC)C(C(=O)N(CC=C)C(C)(C)C)C23CC[C@@]1(C)O3)c1ccccc1. The number of benzene rings is 1. The maximum absolute atomic E-state index is 14.7. The molecule has 3 fully saturated rings. The maximum atomic E-state index is 14.7. The Bertz CT molecular complexity index is 1180. The first-order valence-electron chi connectivity index (χ1n) is 14.9.